The topological polar surface area (TPSA) is 74.2 Å². The second kappa shape index (κ2) is 4.51. The number of amides is 1. The molecule has 0 atom stereocenters. The van der Waals surface area contributed by atoms with E-state index >= 15 is 0 Å². The molecule has 5 nitrogen and oxygen atoms in total. The van der Waals surface area contributed by atoms with Crippen molar-refractivity contribution in [2.24, 2.45) is 0 Å². The van der Waals surface area contributed by atoms with Gasteiger partial charge in [-0.2, -0.15) is 0 Å². The maximum absolute atomic E-state index is 12.0. The van der Waals surface area contributed by atoms with Gasteiger partial charge in [-0.05, 0) is 37.5 Å². The van der Waals surface area contributed by atoms with E-state index in [0.29, 0.717) is 18.7 Å². The summed E-state index contributed by atoms with van der Waals surface area (Å²) in [6, 6.07) is 7.55. The van der Waals surface area contributed by atoms with Crippen molar-refractivity contribution < 1.29 is 9.90 Å². The van der Waals surface area contributed by atoms with Gasteiger partial charge in [-0.3, -0.25) is 9.78 Å². The van der Waals surface area contributed by atoms with Crippen LogP contribution in [0, 0.1) is 0 Å². The zero-order valence-corrected chi connectivity index (χ0v) is 11.6. The molecular formula is C16H17N3O2. The third-order valence-corrected chi connectivity index (χ3v) is 4.42. The van der Waals surface area contributed by atoms with E-state index in [0.717, 1.165) is 41.5 Å². The van der Waals surface area contributed by atoms with E-state index in [2.05, 4.69) is 15.6 Å². The summed E-state index contributed by atoms with van der Waals surface area (Å²) in [6.45, 7) is 1.14. The van der Waals surface area contributed by atoms with Gasteiger partial charge in [0, 0.05) is 18.5 Å². The molecule has 2 aliphatic rings. The molecule has 1 amide bonds. The summed E-state index contributed by atoms with van der Waals surface area (Å²) in [4.78, 5) is 16.6. The molecule has 1 aromatic carbocycles. The quantitative estimate of drug-likeness (QED) is 0.800. The van der Waals surface area contributed by atoms with Crippen molar-refractivity contribution in [2.45, 2.75) is 31.4 Å². The van der Waals surface area contributed by atoms with E-state index < -0.39 is 5.60 Å². The number of nitrogens with one attached hydrogen (secondary N) is 2. The maximum Gasteiger partial charge on any atom is 0.256 e. The number of hydrogen-bond donors (Lipinski definition) is 3. The van der Waals surface area contributed by atoms with Crippen molar-refractivity contribution in [1.29, 1.82) is 0 Å². The predicted molar refractivity (Wildman–Crippen MR) is 80.2 cm³/mol. The Kier molecular flexibility index (Phi) is 2.74. The fraction of sp³-hybridized carbons (Fsp3) is 0.375. The van der Waals surface area contributed by atoms with Crippen LogP contribution < -0.4 is 10.6 Å². The first-order valence-corrected chi connectivity index (χ1v) is 7.32. The zero-order valence-electron chi connectivity index (χ0n) is 11.6. The Hall–Kier alpha value is -1.98. The molecule has 1 aliphatic carbocycles. The molecule has 0 unspecified atom stereocenters. The summed E-state index contributed by atoms with van der Waals surface area (Å²) in [5, 5.41) is 17.1. The fourth-order valence-electron chi connectivity index (χ4n) is 3.09. The van der Waals surface area contributed by atoms with Crippen molar-refractivity contribution in [3.8, 4) is 0 Å². The van der Waals surface area contributed by atoms with E-state index in [1.165, 1.54) is 0 Å². The van der Waals surface area contributed by atoms with Crippen molar-refractivity contribution in [3.05, 3.63) is 35.5 Å². The number of aromatic nitrogens is 1. The molecule has 4 rings (SSSR count). The Morgan fingerprint density at radius 3 is 3.00 bits per heavy atom. The second-order valence-corrected chi connectivity index (χ2v) is 6.00. The monoisotopic (exact) mass is 283 g/mol. The molecule has 3 N–H and O–H groups in total. The lowest BCUT2D eigenvalue weighted by molar-refractivity contribution is -0.0315. The Morgan fingerprint density at radius 2 is 2.24 bits per heavy atom. The molecule has 0 spiro atoms. The van der Waals surface area contributed by atoms with Crippen molar-refractivity contribution in [3.63, 3.8) is 0 Å². The molecule has 0 saturated heterocycles. The summed E-state index contributed by atoms with van der Waals surface area (Å²) in [6.07, 6.45) is 2.82. The molecule has 0 bridgehead atoms. The molecular weight excluding hydrogens is 266 g/mol. The fourth-order valence-corrected chi connectivity index (χ4v) is 3.09. The lowest BCUT2D eigenvalue weighted by Gasteiger charge is -2.36. The minimum absolute atomic E-state index is 0.0672. The van der Waals surface area contributed by atoms with Gasteiger partial charge in [0.1, 0.15) is 0 Å². The molecule has 1 fully saturated rings. The first-order valence-electron chi connectivity index (χ1n) is 7.32. The first kappa shape index (κ1) is 12.7. The zero-order chi connectivity index (χ0) is 14.4. The van der Waals surface area contributed by atoms with Crippen LogP contribution in [0.4, 0.5) is 5.69 Å². The molecule has 1 aliphatic heterocycles. The Morgan fingerprint density at radius 1 is 1.38 bits per heavy atom. The van der Waals surface area contributed by atoms with Crippen LogP contribution in [0.3, 0.4) is 0 Å². The predicted octanol–water partition coefficient (Wildman–Crippen LogP) is 1.81. The molecule has 2 heterocycles. The highest BCUT2D eigenvalue weighted by Gasteiger charge is 2.33. The first-order chi connectivity index (χ1) is 10.1. The summed E-state index contributed by atoms with van der Waals surface area (Å²) >= 11 is 0. The van der Waals surface area contributed by atoms with Crippen LogP contribution in [0.2, 0.25) is 0 Å². The van der Waals surface area contributed by atoms with Gasteiger partial charge >= 0.3 is 0 Å². The van der Waals surface area contributed by atoms with Gasteiger partial charge in [-0.1, -0.05) is 6.07 Å². The van der Waals surface area contributed by atoms with Gasteiger partial charge in [0.15, 0.2) is 0 Å². The van der Waals surface area contributed by atoms with E-state index in [1.54, 1.807) is 0 Å². The molecule has 21 heavy (non-hydrogen) atoms. The lowest BCUT2D eigenvalue weighted by Crippen LogP contribution is -2.46. The van der Waals surface area contributed by atoms with E-state index in [4.69, 9.17) is 0 Å². The van der Waals surface area contributed by atoms with Gasteiger partial charge < -0.3 is 15.7 Å². The van der Waals surface area contributed by atoms with Crippen LogP contribution in [0.5, 0.6) is 0 Å². The Labute approximate surface area is 122 Å². The largest absolute Gasteiger partial charge is 0.389 e. The molecule has 1 aromatic heterocycles. The molecule has 5 heteroatoms. The lowest BCUT2D eigenvalue weighted by atomic mass is 9.80. The van der Waals surface area contributed by atoms with Gasteiger partial charge in [0.25, 0.3) is 5.91 Å². The number of hydrogen-bond acceptors (Lipinski definition) is 4. The minimum Gasteiger partial charge on any atom is -0.389 e. The number of benzene rings is 1. The number of carbonyl (C=O) groups is 1. The van der Waals surface area contributed by atoms with E-state index in [1.807, 2.05) is 24.3 Å². The molecule has 2 aromatic rings. The van der Waals surface area contributed by atoms with Crippen molar-refractivity contribution in [2.75, 3.05) is 11.9 Å². The second-order valence-electron chi connectivity index (χ2n) is 6.00. The summed E-state index contributed by atoms with van der Waals surface area (Å²) in [7, 11) is 0. The number of pyridine rings is 1. The van der Waals surface area contributed by atoms with Crippen LogP contribution >= 0.6 is 0 Å². The van der Waals surface area contributed by atoms with E-state index in [9.17, 15) is 9.90 Å². The SMILES string of the molecule is O=C1Nc2cccc3nc(CNCC4(O)CCC4)cc1c23. The van der Waals surface area contributed by atoms with E-state index in [-0.39, 0.29) is 5.91 Å². The van der Waals surface area contributed by atoms with Crippen molar-refractivity contribution in [1.82, 2.24) is 10.3 Å². The highest BCUT2D eigenvalue weighted by Crippen LogP contribution is 2.33. The number of rotatable bonds is 4. The smallest absolute Gasteiger partial charge is 0.256 e. The van der Waals surface area contributed by atoms with Crippen LogP contribution in [0.15, 0.2) is 24.3 Å². The minimum atomic E-state index is -0.543. The van der Waals surface area contributed by atoms with Gasteiger partial charge in [-0.25, -0.2) is 0 Å². The van der Waals surface area contributed by atoms with Gasteiger partial charge in [0.2, 0.25) is 0 Å². The average Bonchev–Trinajstić information content (AvgIpc) is 2.75. The normalized spacial score (nSPS) is 18.6. The number of aliphatic hydroxyl groups is 1. The summed E-state index contributed by atoms with van der Waals surface area (Å²) < 4.78 is 0. The van der Waals surface area contributed by atoms with Gasteiger partial charge in [-0.15, -0.1) is 0 Å². The Bertz CT molecular complexity index is 738. The van der Waals surface area contributed by atoms with Crippen LogP contribution in [-0.4, -0.2) is 28.1 Å². The highest BCUT2D eigenvalue weighted by molar-refractivity contribution is 6.23. The van der Waals surface area contributed by atoms with Gasteiger partial charge in [0.05, 0.1) is 28.1 Å². The maximum atomic E-state index is 12.0. The number of nitrogens with zero attached hydrogens (tertiary/aromatic N) is 1. The third kappa shape index (κ3) is 2.09. The molecule has 0 radical (unpaired) electrons. The Balaban J connectivity index is 1.58. The van der Waals surface area contributed by atoms with Crippen LogP contribution in [0.25, 0.3) is 10.9 Å². The standard InChI is InChI=1S/C16H17N3O2/c20-15-11-7-10(8-17-9-16(21)5-2-6-16)18-12-3-1-4-13(19-15)14(11)12/h1,3-4,7,17,21H,2,5-6,8-9H2,(H,19,20). The van der Waals surface area contributed by atoms with Crippen molar-refractivity contribution >= 4 is 22.5 Å². The van der Waals surface area contributed by atoms with Crippen LogP contribution in [0.1, 0.15) is 35.3 Å². The van der Waals surface area contributed by atoms with Crippen LogP contribution in [-0.2, 0) is 6.54 Å². The third-order valence-electron chi connectivity index (χ3n) is 4.42. The number of carbonyl (C=O) groups excluding carboxylic acids is 1. The molecule has 1 saturated carbocycles. The summed E-state index contributed by atoms with van der Waals surface area (Å²) in [5.74, 6) is -0.0672. The highest BCUT2D eigenvalue weighted by atomic mass is 16.3. The summed E-state index contributed by atoms with van der Waals surface area (Å²) in [5.41, 5.74) is 2.65. The number of anilines is 1. The molecule has 108 valence electrons. The average molecular weight is 283 g/mol.